The Balaban J connectivity index is 1.39. The van der Waals surface area contributed by atoms with E-state index in [9.17, 15) is 0 Å². The van der Waals surface area contributed by atoms with Crippen molar-refractivity contribution in [2.24, 2.45) is 17.3 Å². The molecule has 0 spiro atoms. The summed E-state index contributed by atoms with van der Waals surface area (Å²) >= 11 is 0. The van der Waals surface area contributed by atoms with Crippen LogP contribution < -0.4 is 0 Å². The van der Waals surface area contributed by atoms with Gasteiger partial charge in [0.15, 0.2) is 0 Å². The summed E-state index contributed by atoms with van der Waals surface area (Å²) in [6.45, 7) is 7.19. The van der Waals surface area contributed by atoms with Gasteiger partial charge in [-0.2, -0.15) is 0 Å². The molecule has 2 fully saturated rings. The van der Waals surface area contributed by atoms with Gasteiger partial charge in [-0.25, -0.2) is 0 Å². The Labute approximate surface area is 175 Å². The lowest BCUT2D eigenvalue weighted by Crippen LogP contribution is -2.23. The van der Waals surface area contributed by atoms with Crippen molar-refractivity contribution in [2.75, 3.05) is 0 Å². The standard InChI is InChI=1S/C28H46/c1-4-6-7-23-8-10-24(11-9-23)12-13-25-14-16-26(17-15-25)27-18-21-28(3,20-5-2)22-19-27/h14-17,23-24,27H,4-13,18-22H2,1-3H3. The number of hydrogen-bond donors (Lipinski definition) is 0. The maximum absolute atomic E-state index is 2.52. The number of rotatable bonds is 9. The molecule has 2 aliphatic rings. The summed E-state index contributed by atoms with van der Waals surface area (Å²) < 4.78 is 0. The van der Waals surface area contributed by atoms with Gasteiger partial charge in [0.2, 0.25) is 0 Å². The SMILES string of the molecule is CCCCC1CCC(CCc2ccc(C3CCC(C)(CCC)CC3)cc2)CC1. The zero-order valence-electron chi connectivity index (χ0n) is 19.1. The minimum atomic E-state index is 0.626. The number of hydrogen-bond acceptors (Lipinski definition) is 0. The number of benzene rings is 1. The van der Waals surface area contributed by atoms with Crippen LogP contribution >= 0.6 is 0 Å². The number of aryl methyl sites for hydroxylation is 1. The lowest BCUT2D eigenvalue weighted by molar-refractivity contribution is 0.182. The van der Waals surface area contributed by atoms with Gasteiger partial charge in [-0.05, 0) is 79.2 Å². The molecular weight excluding hydrogens is 336 g/mol. The molecule has 0 N–H and O–H groups in total. The summed E-state index contributed by atoms with van der Waals surface area (Å²) in [7, 11) is 0. The number of unbranched alkanes of at least 4 members (excludes halogenated alkanes) is 1. The van der Waals surface area contributed by atoms with Crippen molar-refractivity contribution in [3.05, 3.63) is 35.4 Å². The van der Waals surface area contributed by atoms with Gasteiger partial charge in [-0.1, -0.05) is 96.4 Å². The van der Waals surface area contributed by atoms with Crippen LogP contribution in [-0.4, -0.2) is 0 Å². The monoisotopic (exact) mass is 382 g/mol. The summed E-state index contributed by atoms with van der Waals surface area (Å²) in [6.07, 6.45) is 21.4. The molecule has 0 nitrogen and oxygen atoms in total. The van der Waals surface area contributed by atoms with Gasteiger partial charge in [-0.15, -0.1) is 0 Å². The molecule has 0 aromatic heterocycles. The van der Waals surface area contributed by atoms with Crippen LogP contribution in [0.5, 0.6) is 0 Å². The van der Waals surface area contributed by atoms with E-state index in [1.807, 2.05) is 0 Å². The predicted molar refractivity (Wildman–Crippen MR) is 124 cm³/mol. The van der Waals surface area contributed by atoms with Crippen molar-refractivity contribution < 1.29 is 0 Å². The fourth-order valence-electron chi connectivity index (χ4n) is 6.13. The van der Waals surface area contributed by atoms with Crippen molar-refractivity contribution >= 4 is 0 Å². The second kappa shape index (κ2) is 10.8. The van der Waals surface area contributed by atoms with Crippen LogP contribution in [0.4, 0.5) is 0 Å². The topological polar surface area (TPSA) is 0 Å². The van der Waals surface area contributed by atoms with E-state index in [1.165, 1.54) is 96.3 Å². The van der Waals surface area contributed by atoms with Gasteiger partial charge in [0.05, 0.1) is 0 Å². The van der Waals surface area contributed by atoms with Crippen molar-refractivity contribution in [3.63, 3.8) is 0 Å². The first-order valence-electron chi connectivity index (χ1n) is 12.7. The van der Waals surface area contributed by atoms with Crippen LogP contribution in [0.15, 0.2) is 24.3 Å². The van der Waals surface area contributed by atoms with Gasteiger partial charge in [0.1, 0.15) is 0 Å². The van der Waals surface area contributed by atoms with Gasteiger partial charge >= 0.3 is 0 Å². The summed E-state index contributed by atoms with van der Waals surface area (Å²) in [6, 6.07) is 9.82. The van der Waals surface area contributed by atoms with E-state index >= 15 is 0 Å². The minimum absolute atomic E-state index is 0.626. The van der Waals surface area contributed by atoms with Crippen LogP contribution in [-0.2, 0) is 6.42 Å². The molecule has 1 aromatic carbocycles. The Hall–Kier alpha value is -0.780. The van der Waals surface area contributed by atoms with E-state index in [0.717, 1.165) is 17.8 Å². The molecule has 0 amide bonds. The average molecular weight is 383 g/mol. The molecule has 28 heavy (non-hydrogen) atoms. The Morgan fingerprint density at radius 2 is 1.39 bits per heavy atom. The normalized spacial score (nSPS) is 31.0. The quantitative estimate of drug-likeness (QED) is 0.399. The summed E-state index contributed by atoms with van der Waals surface area (Å²) in [4.78, 5) is 0. The van der Waals surface area contributed by atoms with Crippen LogP contribution in [0.3, 0.4) is 0 Å². The minimum Gasteiger partial charge on any atom is -0.0654 e. The molecule has 1 aromatic rings. The first-order valence-corrected chi connectivity index (χ1v) is 12.7. The highest BCUT2D eigenvalue weighted by Gasteiger charge is 2.30. The molecule has 158 valence electrons. The van der Waals surface area contributed by atoms with Gasteiger partial charge in [0, 0.05) is 0 Å². The average Bonchev–Trinajstić information content (AvgIpc) is 2.72. The van der Waals surface area contributed by atoms with Crippen molar-refractivity contribution in [2.45, 2.75) is 123 Å². The molecule has 0 radical (unpaired) electrons. The highest BCUT2D eigenvalue weighted by atomic mass is 14.4. The molecule has 2 saturated carbocycles. The van der Waals surface area contributed by atoms with Gasteiger partial charge < -0.3 is 0 Å². The second-order valence-corrected chi connectivity index (χ2v) is 10.6. The van der Waals surface area contributed by atoms with Crippen molar-refractivity contribution in [3.8, 4) is 0 Å². The molecular formula is C28H46. The predicted octanol–water partition coefficient (Wildman–Crippen LogP) is 9.08. The Bertz CT molecular complexity index is 538. The molecule has 0 bridgehead atoms. The van der Waals surface area contributed by atoms with E-state index in [-0.39, 0.29) is 0 Å². The Morgan fingerprint density at radius 1 is 0.786 bits per heavy atom. The lowest BCUT2D eigenvalue weighted by Gasteiger charge is -2.37. The third-order valence-electron chi connectivity index (χ3n) is 8.27. The first kappa shape index (κ1) is 21.9. The smallest absolute Gasteiger partial charge is 0.0162 e. The van der Waals surface area contributed by atoms with Gasteiger partial charge in [-0.3, -0.25) is 0 Å². The maximum atomic E-state index is 2.52. The van der Waals surface area contributed by atoms with E-state index in [4.69, 9.17) is 0 Å². The van der Waals surface area contributed by atoms with Crippen molar-refractivity contribution in [1.29, 1.82) is 0 Å². The van der Waals surface area contributed by atoms with Crippen molar-refractivity contribution in [1.82, 2.24) is 0 Å². The van der Waals surface area contributed by atoms with E-state index in [2.05, 4.69) is 45.0 Å². The molecule has 0 atom stereocenters. The highest BCUT2D eigenvalue weighted by Crippen LogP contribution is 2.45. The molecule has 0 heterocycles. The lowest BCUT2D eigenvalue weighted by atomic mass is 9.68. The maximum Gasteiger partial charge on any atom is -0.0162 e. The molecule has 0 heteroatoms. The van der Waals surface area contributed by atoms with Crippen LogP contribution in [0, 0.1) is 17.3 Å². The Morgan fingerprint density at radius 3 is 1.96 bits per heavy atom. The molecule has 2 aliphatic carbocycles. The van der Waals surface area contributed by atoms with E-state index in [0.29, 0.717) is 5.41 Å². The Kier molecular flexibility index (Phi) is 8.49. The molecule has 0 aliphatic heterocycles. The fraction of sp³-hybridized carbons (Fsp3) is 0.786. The highest BCUT2D eigenvalue weighted by molar-refractivity contribution is 5.26. The third-order valence-corrected chi connectivity index (χ3v) is 8.27. The molecule has 0 unspecified atom stereocenters. The van der Waals surface area contributed by atoms with Crippen LogP contribution in [0.2, 0.25) is 0 Å². The summed E-state index contributed by atoms with van der Waals surface area (Å²) in [5.74, 6) is 2.86. The van der Waals surface area contributed by atoms with Crippen LogP contribution in [0.25, 0.3) is 0 Å². The largest absolute Gasteiger partial charge is 0.0654 e. The molecule has 3 rings (SSSR count). The van der Waals surface area contributed by atoms with Crippen LogP contribution in [0.1, 0.15) is 128 Å². The summed E-state index contributed by atoms with van der Waals surface area (Å²) in [5.41, 5.74) is 3.81. The summed E-state index contributed by atoms with van der Waals surface area (Å²) in [5, 5.41) is 0. The van der Waals surface area contributed by atoms with E-state index < -0.39 is 0 Å². The fourth-order valence-corrected chi connectivity index (χ4v) is 6.13. The zero-order valence-corrected chi connectivity index (χ0v) is 19.1. The third kappa shape index (κ3) is 6.36. The molecule has 0 saturated heterocycles. The first-order chi connectivity index (χ1) is 13.6. The van der Waals surface area contributed by atoms with Gasteiger partial charge in [0.25, 0.3) is 0 Å². The van der Waals surface area contributed by atoms with E-state index in [1.54, 1.807) is 11.1 Å². The zero-order chi connectivity index (χ0) is 19.8. The second-order valence-electron chi connectivity index (χ2n) is 10.6.